The number of halogens is 1. The number of nitrogens with one attached hydrogen (secondary N) is 1. The van der Waals surface area contributed by atoms with Crippen LogP contribution in [0.4, 0.5) is 20.6 Å². The molecule has 7 nitrogen and oxygen atoms in total. The van der Waals surface area contributed by atoms with Crippen molar-refractivity contribution in [2.75, 3.05) is 36.6 Å². The number of carbonyl (C=O) groups excluding carboxylic acids is 3. The fraction of sp³-hybridized carbons (Fsp3) is 0.438. The lowest BCUT2D eigenvalue weighted by Gasteiger charge is -2.18. The zero-order valence-corrected chi connectivity index (χ0v) is 13.3. The highest BCUT2D eigenvalue weighted by Gasteiger charge is 2.37. The molecule has 0 radical (unpaired) electrons. The number of amides is 3. The number of cyclic esters (lactones) is 1. The number of hydrogen-bond acceptors (Lipinski definition) is 4. The molecule has 1 fully saturated rings. The van der Waals surface area contributed by atoms with Crippen molar-refractivity contribution in [1.82, 2.24) is 5.32 Å². The van der Waals surface area contributed by atoms with Crippen LogP contribution in [0.15, 0.2) is 18.2 Å². The van der Waals surface area contributed by atoms with Gasteiger partial charge in [0.15, 0.2) is 6.10 Å². The van der Waals surface area contributed by atoms with E-state index in [1.165, 1.54) is 11.9 Å². The lowest BCUT2D eigenvalue weighted by Crippen LogP contribution is -2.35. The van der Waals surface area contributed by atoms with Gasteiger partial charge in [0.05, 0.1) is 19.6 Å². The number of anilines is 2. The Morgan fingerprint density at radius 3 is 2.92 bits per heavy atom. The second kappa shape index (κ2) is 6.46. The topological polar surface area (TPSA) is 79.0 Å². The van der Waals surface area contributed by atoms with E-state index >= 15 is 0 Å². The first-order chi connectivity index (χ1) is 11.5. The number of rotatable bonds is 5. The summed E-state index contributed by atoms with van der Waals surface area (Å²) in [4.78, 5) is 38.6. The molecule has 2 aliphatic rings. The van der Waals surface area contributed by atoms with Crippen LogP contribution in [0.2, 0.25) is 0 Å². The van der Waals surface area contributed by atoms with Crippen LogP contribution in [0.5, 0.6) is 0 Å². The van der Waals surface area contributed by atoms with Gasteiger partial charge in [-0.2, -0.15) is 0 Å². The van der Waals surface area contributed by atoms with Crippen molar-refractivity contribution >= 4 is 29.3 Å². The van der Waals surface area contributed by atoms with Crippen molar-refractivity contribution in [3.05, 3.63) is 23.8 Å². The van der Waals surface area contributed by atoms with Gasteiger partial charge in [0.25, 0.3) is 5.91 Å². The molecule has 1 aromatic rings. The predicted molar refractivity (Wildman–Crippen MR) is 84.8 cm³/mol. The van der Waals surface area contributed by atoms with Crippen molar-refractivity contribution in [2.24, 2.45) is 0 Å². The zero-order chi connectivity index (χ0) is 17.3. The average molecular weight is 335 g/mol. The molecule has 1 aromatic carbocycles. The fourth-order valence-corrected chi connectivity index (χ4v) is 2.97. The third-order valence-corrected chi connectivity index (χ3v) is 4.17. The van der Waals surface area contributed by atoms with E-state index in [0.29, 0.717) is 18.7 Å². The summed E-state index contributed by atoms with van der Waals surface area (Å²) in [7, 11) is 1.48. The van der Waals surface area contributed by atoms with Crippen molar-refractivity contribution in [3.8, 4) is 0 Å². The molecule has 3 amide bonds. The normalized spacial score (nSPS) is 19.5. The molecule has 0 saturated carbocycles. The molecule has 0 spiro atoms. The quantitative estimate of drug-likeness (QED) is 0.871. The molecule has 1 saturated heterocycles. The van der Waals surface area contributed by atoms with E-state index in [0.717, 1.165) is 11.3 Å². The highest BCUT2D eigenvalue weighted by atomic mass is 19.1. The minimum atomic E-state index is -0.849. The number of nitrogens with zero attached hydrogens (tertiary/aromatic N) is 2. The first-order valence-corrected chi connectivity index (χ1v) is 7.74. The summed E-state index contributed by atoms with van der Waals surface area (Å²) < 4.78 is 17.4. The van der Waals surface area contributed by atoms with Crippen molar-refractivity contribution in [1.29, 1.82) is 0 Å². The second-order valence-corrected chi connectivity index (χ2v) is 5.67. The summed E-state index contributed by atoms with van der Waals surface area (Å²) in [6.07, 6.45) is -0.934. The largest absolute Gasteiger partial charge is 0.434 e. The maximum atomic E-state index is 12.4. The number of hydrogen-bond donors (Lipinski definition) is 1. The highest BCUT2D eigenvalue weighted by Crippen LogP contribution is 2.33. The summed E-state index contributed by atoms with van der Waals surface area (Å²) >= 11 is 0. The van der Waals surface area contributed by atoms with Gasteiger partial charge in [-0.3, -0.25) is 18.9 Å². The standard InChI is InChI=1S/C16H18FN3O4/c1-18-15(22)13-9-20(16(23)24-13)11-3-4-12-10(7-11)8-14(21)19(12)6-2-5-17/h3-4,7,13H,2,5-6,8-9H2,1H3,(H,18,22)/t13-/m1/s1. The fourth-order valence-electron chi connectivity index (χ4n) is 2.97. The number of likely N-dealkylation sites (N-methyl/N-ethyl adjacent to an activating group) is 1. The Bertz CT molecular complexity index is 694. The molecule has 1 atom stereocenters. The van der Waals surface area contributed by atoms with Crippen LogP contribution in [0.25, 0.3) is 0 Å². The molecule has 2 heterocycles. The third kappa shape index (κ3) is 2.79. The molecule has 0 unspecified atom stereocenters. The van der Waals surface area contributed by atoms with Crippen LogP contribution >= 0.6 is 0 Å². The number of fused-ring (bicyclic) bond motifs is 1. The molecule has 8 heteroatoms. The smallest absolute Gasteiger partial charge is 0.415 e. The van der Waals surface area contributed by atoms with Gasteiger partial charge in [0.2, 0.25) is 5.91 Å². The van der Waals surface area contributed by atoms with Crippen molar-refractivity contribution in [3.63, 3.8) is 0 Å². The summed E-state index contributed by atoms with van der Waals surface area (Å²) in [6.45, 7) is -0.0132. The zero-order valence-electron chi connectivity index (χ0n) is 13.3. The molecule has 2 aliphatic heterocycles. The van der Waals surface area contributed by atoms with Gasteiger partial charge in [-0.05, 0) is 30.2 Å². The monoisotopic (exact) mass is 335 g/mol. The molecule has 0 bridgehead atoms. The van der Waals surface area contributed by atoms with E-state index in [1.54, 1.807) is 23.1 Å². The molecule has 3 rings (SSSR count). The second-order valence-electron chi connectivity index (χ2n) is 5.67. The molecule has 0 aliphatic carbocycles. The van der Waals surface area contributed by atoms with E-state index in [4.69, 9.17) is 4.74 Å². The lowest BCUT2D eigenvalue weighted by atomic mass is 10.1. The van der Waals surface area contributed by atoms with Gasteiger partial charge < -0.3 is 15.0 Å². The molecular formula is C16H18FN3O4. The lowest BCUT2D eigenvalue weighted by molar-refractivity contribution is -0.127. The Kier molecular flexibility index (Phi) is 4.37. The van der Waals surface area contributed by atoms with Crippen molar-refractivity contribution in [2.45, 2.75) is 18.9 Å². The SMILES string of the molecule is CNC(=O)[C@H]1CN(c2ccc3c(c2)CC(=O)N3CCCF)C(=O)O1. The number of benzene rings is 1. The Balaban J connectivity index is 1.80. The molecule has 0 aromatic heterocycles. The number of alkyl halides is 1. The van der Waals surface area contributed by atoms with Gasteiger partial charge in [-0.1, -0.05) is 0 Å². The first kappa shape index (κ1) is 16.2. The molecule has 1 N–H and O–H groups in total. The highest BCUT2D eigenvalue weighted by molar-refractivity contribution is 6.02. The minimum absolute atomic E-state index is 0.0807. The number of ether oxygens (including phenoxy) is 1. The third-order valence-electron chi connectivity index (χ3n) is 4.17. The van der Waals surface area contributed by atoms with Crippen LogP contribution in [-0.4, -0.2) is 50.8 Å². The van der Waals surface area contributed by atoms with E-state index in [1.807, 2.05) is 0 Å². The minimum Gasteiger partial charge on any atom is -0.434 e. The Morgan fingerprint density at radius 1 is 1.42 bits per heavy atom. The Labute approximate surface area is 138 Å². The summed E-state index contributed by atoms with van der Waals surface area (Å²) in [5.74, 6) is -0.442. The van der Waals surface area contributed by atoms with E-state index < -0.39 is 18.9 Å². The first-order valence-electron chi connectivity index (χ1n) is 7.74. The van der Waals surface area contributed by atoms with Crippen LogP contribution in [0, 0.1) is 0 Å². The van der Waals surface area contributed by atoms with Gasteiger partial charge in [-0.25, -0.2) is 4.79 Å². The average Bonchev–Trinajstić information content (AvgIpc) is 3.11. The van der Waals surface area contributed by atoms with Gasteiger partial charge in [-0.15, -0.1) is 0 Å². The van der Waals surface area contributed by atoms with Gasteiger partial charge in [0, 0.05) is 25.0 Å². The van der Waals surface area contributed by atoms with Crippen LogP contribution < -0.4 is 15.1 Å². The Hall–Kier alpha value is -2.64. The summed E-state index contributed by atoms with van der Waals surface area (Å²) in [5, 5.41) is 2.45. The van der Waals surface area contributed by atoms with Gasteiger partial charge >= 0.3 is 6.09 Å². The van der Waals surface area contributed by atoms with Crippen LogP contribution in [0.3, 0.4) is 0 Å². The number of carbonyl (C=O) groups is 3. The van der Waals surface area contributed by atoms with E-state index in [-0.39, 0.29) is 24.8 Å². The Morgan fingerprint density at radius 2 is 2.21 bits per heavy atom. The molecular weight excluding hydrogens is 317 g/mol. The van der Waals surface area contributed by atoms with E-state index in [2.05, 4.69) is 5.32 Å². The van der Waals surface area contributed by atoms with Crippen molar-refractivity contribution < 1.29 is 23.5 Å². The van der Waals surface area contributed by atoms with Crippen LogP contribution in [0.1, 0.15) is 12.0 Å². The maximum absolute atomic E-state index is 12.4. The van der Waals surface area contributed by atoms with Gasteiger partial charge in [0.1, 0.15) is 0 Å². The van der Waals surface area contributed by atoms with E-state index in [9.17, 15) is 18.8 Å². The predicted octanol–water partition coefficient (Wildman–Crippen LogP) is 1.01. The maximum Gasteiger partial charge on any atom is 0.415 e. The summed E-state index contributed by atoms with van der Waals surface area (Å²) in [6, 6.07) is 5.19. The molecule has 128 valence electrons. The summed E-state index contributed by atoms with van der Waals surface area (Å²) in [5.41, 5.74) is 2.10. The molecule has 24 heavy (non-hydrogen) atoms. The van der Waals surface area contributed by atoms with Crippen LogP contribution in [-0.2, 0) is 20.7 Å².